The fourth-order valence-corrected chi connectivity index (χ4v) is 1.93. The van der Waals surface area contributed by atoms with Crippen molar-refractivity contribution in [3.05, 3.63) is 64.7 Å². The summed E-state index contributed by atoms with van der Waals surface area (Å²) in [6, 6.07) is 15.4. The SMILES string of the molecule is O=C=O.Oc1ccc(CCc2ccccc2)c(Cl)c1. The summed E-state index contributed by atoms with van der Waals surface area (Å²) in [5, 5.41) is 9.87. The molecule has 0 bridgehead atoms. The molecule has 2 rings (SSSR count). The number of benzene rings is 2. The van der Waals surface area contributed by atoms with E-state index in [1.54, 1.807) is 12.1 Å². The van der Waals surface area contributed by atoms with E-state index >= 15 is 0 Å². The van der Waals surface area contributed by atoms with Crippen LogP contribution in [0.5, 0.6) is 5.75 Å². The van der Waals surface area contributed by atoms with Gasteiger partial charge in [-0.25, -0.2) is 0 Å². The van der Waals surface area contributed by atoms with Crippen molar-refractivity contribution in [2.75, 3.05) is 0 Å². The number of aryl methyl sites for hydroxylation is 2. The van der Waals surface area contributed by atoms with Crippen molar-refractivity contribution in [2.24, 2.45) is 0 Å². The van der Waals surface area contributed by atoms with Crippen LogP contribution in [0.15, 0.2) is 48.5 Å². The Morgan fingerprint density at radius 1 is 1.00 bits per heavy atom. The highest BCUT2D eigenvalue weighted by Gasteiger charge is 2.01. The maximum absolute atomic E-state index is 9.24. The van der Waals surface area contributed by atoms with E-state index in [0.29, 0.717) is 5.02 Å². The highest BCUT2D eigenvalue weighted by Crippen LogP contribution is 2.22. The van der Waals surface area contributed by atoms with Gasteiger partial charge in [0, 0.05) is 5.02 Å². The van der Waals surface area contributed by atoms with E-state index in [0.717, 1.165) is 18.4 Å². The molecule has 1 N–H and O–H groups in total. The van der Waals surface area contributed by atoms with Gasteiger partial charge in [0.05, 0.1) is 0 Å². The number of aromatic hydroxyl groups is 1. The zero-order valence-corrected chi connectivity index (χ0v) is 10.9. The van der Waals surface area contributed by atoms with Gasteiger partial charge in [-0.15, -0.1) is 0 Å². The summed E-state index contributed by atoms with van der Waals surface area (Å²) in [6.45, 7) is 0. The first kappa shape index (κ1) is 15.0. The molecule has 4 heteroatoms. The minimum Gasteiger partial charge on any atom is -0.508 e. The molecule has 0 spiro atoms. The van der Waals surface area contributed by atoms with Crippen LogP contribution >= 0.6 is 11.6 Å². The maximum atomic E-state index is 9.24. The number of phenols is 1. The molecule has 0 aliphatic heterocycles. The first-order chi connectivity index (χ1) is 9.17. The molecular weight excluding hydrogens is 264 g/mol. The summed E-state index contributed by atoms with van der Waals surface area (Å²) < 4.78 is 0. The molecule has 0 heterocycles. The second-order valence-corrected chi connectivity index (χ2v) is 4.25. The Morgan fingerprint density at radius 3 is 2.21 bits per heavy atom. The van der Waals surface area contributed by atoms with Crippen molar-refractivity contribution in [1.82, 2.24) is 0 Å². The first-order valence-corrected chi connectivity index (χ1v) is 6.05. The Bertz CT molecular complexity index is 547. The quantitative estimate of drug-likeness (QED) is 0.936. The van der Waals surface area contributed by atoms with Crippen molar-refractivity contribution in [2.45, 2.75) is 12.8 Å². The van der Waals surface area contributed by atoms with E-state index < -0.39 is 0 Å². The van der Waals surface area contributed by atoms with Gasteiger partial charge >= 0.3 is 6.15 Å². The molecule has 0 aromatic heterocycles. The zero-order chi connectivity index (χ0) is 14.1. The third kappa shape index (κ3) is 5.38. The van der Waals surface area contributed by atoms with Crippen LogP contribution < -0.4 is 0 Å². The number of hydrogen-bond donors (Lipinski definition) is 1. The predicted molar refractivity (Wildman–Crippen MR) is 72.0 cm³/mol. The van der Waals surface area contributed by atoms with Crippen LogP contribution in [-0.4, -0.2) is 11.3 Å². The van der Waals surface area contributed by atoms with Gasteiger partial charge in [0.2, 0.25) is 0 Å². The highest BCUT2D eigenvalue weighted by molar-refractivity contribution is 6.31. The van der Waals surface area contributed by atoms with Crippen molar-refractivity contribution in [1.29, 1.82) is 0 Å². The number of hydrogen-bond acceptors (Lipinski definition) is 3. The molecule has 0 aliphatic carbocycles. The van der Waals surface area contributed by atoms with Gasteiger partial charge in [-0.2, -0.15) is 9.59 Å². The van der Waals surface area contributed by atoms with Gasteiger partial charge in [-0.05, 0) is 36.1 Å². The largest absolute Gasteiger partial charge is 0.508 e. The number of carbonyl (C=O) groups excluding carboxylic acids is 2. The summed E-state index contributed by atoms with van der Waals surface area (Å²) in [7, 11) is 0. The summed E-state index contributed by atoms with van der Waals surface area (Å²) in [4.78, 5) is 16.2. The lowest BCUT2D eigenvalue weighted by molar-refractivity contribution is -0.191. The molecule has 98 valence electrons. The van der Waals surface area contributed by atoms with Crippen LogP contribution in [0.1, 0.15) is 11.1 Å². The van der Waals surface area contributed by atoms with Crippen molar-refractivity contribution >= 4 is 17.8 Å². The van der Waals surface area contributed by atoms with Gasteiger partial charge in [-0.1, -0.05) is 48.0 Å². The lowest BCUT2D eigenvalue weighted by Crippen LogP contribution is -1.91. The summed E-state index contributed by atoms with van der Waals surface area (Å²) in [6.07, 6.45) is 2.11. The standard InChI is InChI=1S/C14H13ClO.CO2/c15-14-10-13(16)9-8-12(14)7-6-11-4-2-1-3-5-11;2-1-3/h1-5,8-10,16H,6-7H2;. The molecule has 0 radical (unpaired) electrons. The molecule has 0 saturated heterocycles. The van der Waals surface area contributed by atoms with Crippen LogP contribution in [0.3, 0.4) is 0 Å². The van der Waals surface area contributed by atoms with Crippen molar-refractivity contribution in [3.8, 4) is 5.75 Å². The van der Waals surface area contributed by atoms with Crippen LogP contribution in [0, 0.1) is 0 Å². The van der Waals surface area contributed by atoms with Crippen molar-refractivity contribution < 1.29 is 14.7 Å². The molecule has 0 unspecified atom stereocenters. The maximum Gasteiger partial charge on any atom is 0.373 e. The summed E-state index contributed by atoms with van der Waals surface area (Å²) in [5.74, 6) is 0.216. The van der Waals surface area contributed by atoms with E-state index in [1.807, 2.05) is 24.3 Å². The Balaban J connectivity index is 0.000000550. The predicted octanol–water partition coefficient (Wildman–Crippen LogP) is 3.25. The Hall–Kier alpha value is -2.09. The molecule has 0 fully saturated rings. The van der Waals surface area contributed by atoms with E-state index in [2.05, 4.69) is 12.1 Å². The Labute approximate surface area is 116 Å². The van der Waals surface area contributed by atoms with Gasteiger partial charge in [0.1, 0.15) is 5.75 Å². The normalized spacial score (nSPS) is 9.11. The molecule has 0 amide bonds. The Kier molecular flexibility index (Phi) is 6.37. The minimum absolute atomic E-state index is 0.216. The summed E-state index contributed by atoms with van der Waals surface area (Å²) in [5.41, 5.74) is 2.37. The smallest absolute Gasteiger partial charge is 0.373 e. The molecule has 0 saturated carbocycles. The fourth-order valence-electron chi connectivity index (χ4n) is 1.66. The van der Waals surface area contributed by atoms with E-state index in [-0.39, 0.29) is 11.9 Å². The molecule has 3 nitrogen and oxygen atoms in total. The van der Waals surface area contributed by atoms with Crippen LogP contribution in [0.25, 0.3) is 0 Å². The van der Waals surface area contributed by atoms with Gasteiger partial charge in [-0.3, -0.25) is 0 Å². The zero-order valence-electron chi connectivity index (χ0n) is 10.2. The highest BCUT2D eigenvalue weighted by atomic mass is 35.5. The topological polar surface area (TPSA) is 54.4 Å². The number of phenolic OH excluding ortho intramolecular Hbond substituents is 1. The second-order valence-electron chi connectivity index (χ2n) is 3.84. The van der Waals surface area contributed by atoms with Gasteiger partial charge in [0.25, 0.3) is 0 Å². The third-order valence-corrected chi connectivity index (χ3v) is 2.91. The molecule has 0 aliphatic rings. The van der Waals surface area contributed by atoms with Gasteiger partial charge < -0.3 is 5.11 Å². The number of rotatable bonds is 3. The molecule has 19 heavy (non-hydrogen) atoms. The average Bonchev–Trinajstić information content (AvgIpc) is 2.40. The molecule has 0 atom stereocenters. The second kappa shape index (κ2) is 8.09. The molecule has 2 aromatic carbocycles. The monoisotopic (exact) mass is 276 g/mol. The van der Waals surface area contributed by atoms with E-state index in [1.165, 1.54) is 5.56 Å². The van der Waals surface area contributed by atoms with Crippen LogP contribution in [-0.2, 0) is 22.4 Å². The van der Waals surface area contributed by atoms with Crippen LogP contribution in [0.2, 0.25) is 5.02 Å². The van der Waals surface area contributed by atoms with Gasteiger partial charge in [0.15, 0.2) is 0 Å². The third-order valence-electron chi connectivity index (χ3n) is 2.56. The number of halogens is 1. The minimum atomic E-state index is 0.216. The fraction of sp³-hybridized carbons (Fsp3) is 0.133. The molecule has 2 aromatic rings. The van der Waals surface area contributed by atoms with E-state index in [4.69, 9.17) is 21.2 Å². The van der Waals surface area contributed by atoms with Crippen LogP contribution in [0.4, 0.5) is 0 Å². The first-order valence-electron chi connectivity index (χ1n) is 5.68. The lowest BCUT2D eigenvalue weighted by atomic mass is 10.0. The summed E-state index contributed by atoms with van der Waals surface area (Å²) >= 11 is 6.04. The van der Waals surface area contributed by atoms with E-state index in [9.17, 15) is 5.11 Å². The Morgan fingerprint density at radius 2 is 1.63 bits per heavy atom. The lowest BCUT2D eigenvalue weighted by Gasteiger charge is -2.04. The van der Waals surface area contributed by atoms with Crippen molar-refractivity contribution in [3.63, 3.8) is 0 Å². The average molecular weight is 277 g/mol. The molecular formula is C15H13ClO3.